The predicted molar refractivity (Wildman–Crippen MR) is 72.6 cm³/mol. The fourth-order valence-electron chi connectivity index (χ4n) is 1.89. The average Bonchev–Trinajstić information content (AvgIpc) is 2.34. The van der Waals surface area contributed by atoms with Crippen LogP contribution in [0.25, 0.3) is 0 Å². The van der Waals surface area contributed by atoms with Crippen molar-refractivity contribution in [2.24, 2.45) is 0 Å². The molecule has 1 atom stereocenters. The van der Waals surface area contributed by atoms with Gasteiger partial charge in [-0.05, 0) is 26.6 Å². The maximum atomic E-state index is 5.41. The zero-order valence-electron chi connectivity index (χ0n) is 11.4. The molecule has 0 fully saturated rings. The normalized spacial score (nSPS) is 12.8. The Hall–Kier alpha value is -1.06. The summed E-state index contributed by atoms with van der Waals surface area (Å²) in [5.74, 6) is 0.969. The van der Waals surface area contributed by atoms with Gasteiger partial charge in [-0.3, -0.25) is 0 Å². The first-order valence-electron chi connectivity index (χ1n) is 6.20. The van der Waals surface area contributed by atoms with Crippen molar-refractivity contribution in [1.82, 2.24) is 10.2 Å². The Kier molecular flexibility index (Phi) is 6.01. The van der Waals surface area contributed by atoms with Gasteiger partial charge in [-0.2, -0.15) is 0 Å². The van der Waals surface area contributed by atoms with Crippen LogP contribution in [0.2, 0.25) is 0 Å². The molecule has 0 aliphatic rings. The number of likely N-dealkylation sites (N-methyl/N-ethyl adjacent to an activating group) is 1. The van der Waals surface area contributed by atoms with Gasteiger partial charge in [-0.25, -0.2) is 0 Å². The predicted octanol–water partition coefficient (Wildman–Crippen LogP) is 2.30. The number of hydrogen-bond donors (Lipinski definition) is 1. The zero-order valence-corrected chi connectivity index (χ0v) is 11.4. The quantitative estimate of drug-likeness (QED) is 0.786. The zero-order chi connectivity index (χ0) is 12.7. The van der Waals surface area contributed by atoms with Crippen molar-refractivity contribution in [1.29, 1.82) is 0 Å². The summed E-state index contributed by atoms with van der Waals surface area (Å²) in [5, 5.41) is 3.57. The molecule has 17 heavy (non-hydrogen) atoms. The number of hydrogen-bond acceptors (Lipinski definition) is 3. The molecule has 1 aromatic carbocycles. The first-order chi connectivity index (χ1) is 8.19. The van der Waals surface area contributed by atoms with Crippen molar-refractivity contribution in [3.63, 3.8) is 0 Å². The molecule has 0 bridgehead atoms. The van der Waals surface area contributed by atoms with E-state index in [1.165, 1.54) is 5.56 Å². The van der Waals surface area contributed by atoms with Crippen LogP contribution in [0, 0.1) is 0 Å². The Morgan fingerprint density at radius 2 is 2.00 bits per heavy atom. The highest BCUT2D eigenvalue weighted by molar-refractivity contribution is 5.35. The molecular formula is C14H24N2O. The molecule has 0 saturated carbocycles. The van der Waals surface area contributed by atoms with E-state index in [4.69, 9.17) is 4.74 Å². The van der Waals surface area contributed by atoms with Gasteiger partial charge < -0.3 is 15.0 Å². The maximum Gasteiger partial charge on any atom is 0.123 e. The summed E-state index contributed by atoms with van der Waals surface area (Å²) in [7, 11) is 5.91. The molecule has 0 aromatic heterocycles. The third kappa shape index (κ3) is 4.36. The van der Waals surface area contributed by atoms with Gasteiger partial charge in [-0.1, -0.05) is 25.1 Å². The summed E-state index contributed by atoms with van der Waals surface area (Å²) in [6.07, 6.45) is 1.06. The molecular weight excluding hydrogens is 212 g/mol. The fraction of sp³-hybridized carbons (Fsp3) is 0.571. The molecule has 0 aliphatic carbocycles. The van der Waals surface area contributed by atoms with Gasteiger partial charge >= 0.3 is 0 Å². The molecule has 0 spiro atoms. The summed E-state index contributed by atoms with van der Waals surface area (Å²) in [4.78, 5) is 2.18. The van der Waals surface area contributed by atoms with Crippen molar-refractivity contribution in [3.05, 3.63) is 29.8 Å². The minimum Gasteiger partial charge on any atom is -0.496 e. The number of ether oxygens (including phenoxy) is 1. The van der Waals surface area contributed by atoms with Gasteiger partial charge in [0.15, 0.2) is 0 Å². The first-order valence-corrected chi connectivity index (χ1v) is 6.20. The summed E-state index contributed by atoms with van der Waals surface area (Å²) >= 11 is 0. The third-order valence-electron chi connectivity index (χ3n) is 2.87. The van der Waals surface area contributed by atoms with Crippen LogP contribution in [0.15, 0.2) is 24.3 Å². The fourth-order valence-corrected chi connectivity index (χ4v) is 1.89. The minimum absolute atomic E-state index is 0.367. The van der Waals surface area contributed by atoms with Gasteiger partial charge in [0.05, 0.1) is 7.11 Å². The van der Waals surface area contributed by atoms with Crippen molar-refractivity contribution in [2.75, 3.05) is 34.3 Å². The topological polar surface area (TPSA) is 24.5 Å². The number of benzene rings is 1. The lowest BCUT2D eigenvalue weighted by Crippen LogP contribution is -2.29. The number of methoxy groups -OCH3 is 1. The molecule has 0 radical (unpaired) electrons. The molecule has 0 aliphatic heterocycles. The van der Waals surface area contributed by atoms with E-state index in [-0.39, 0.29) is 0 Å². The maximum absolute atomic E-state index is 5.41. The second kappa shape index (κ2) is 7.30. The van der Waals surface area contributed by atoms with E-state index in [0.29, 0.717) is 6.04 Å². The van der Waals surface area contributed by atoms with Crippen LogP contribution < -0.4 is 10.1 Å². The van der Waals surface area contributed by atoms with E-state index in [9.17, 15) is 0 Å². The van der Waals surface area contributed by atoms with E-state index in [1.54, 1.807) is 7.11 Å². The Morgan fingerprint density at radius 1 is 1.29 bits per heavy atom. The smallest absolute Gasteiger partial charge is 0.123 e. The van der Waals surface area contributed by atoms with Crippen molar-refractivity contribution < 1.29 is 4.74 Å². The Balaban J connectivity index is 2.65. The van der Waals surface area contributed by atoms with E-state index in [0.717, 1.165) is 25.3 Å². The molecule has 0 amide bonds. The van der Waals surface area contributed by atoms with Gasteiger partial charge in [0, 0.05) is 24.7 Å². The molecule has 1 unspecified atom stereocenters. The van der Waals surface area contributed by atoms with Crippen LogP contribution >= 0.6 is 0 Å². The van der Waals surface area contributed by atoms with E-state index < -0.39 is 0 Å². The minimum atomic E-state index is 0.367. The monoisotopic (exact) mass is 236 g/mol. The standard InChI is InChI=1S/C14H24N2O/c1-5-13(15-10-11-16(2)3)12-8-6-7-9-14(12)17-4/h6-9,13,15H,5,10-11H2,1-4H3. The van der Waals surface area contributed by atoms with Crippen molar-refractivity contribution in [3.8, 4) is 5.75 Å². The second-order valence-electron chi connectivity index (χ2n) is 4.46. The number of nitrogens with one attached hydrogen (secondary N) is 1. The van der Waals surface area contributed by atoms with Crippen LogP contribution in [-0.4, -0.2) is 39.2 Å². The molecule has 0 heterocycles. The molecule has 0 saturated heterocycles. The lowest BCUT2D eigenvalue weighted by molar-refractivity contribution is 0.371. The third-order valence-corrected chi connectivity index (χ3v) is 2.87. The van der Waals surface area contributed by atoms with Gasteiger partial charge in [0.25, 0.3) is 0 Å². The highest BCUT2D eigenvalue weighted by atomic mass is 16.5. The summed E-state index contributed by atoms with van der Waals surface area (Å²) in [6.45, 7) is 4.23. The SMILES string of the molecule is CCC(NCCN(C)C)c1ccccc1OC. The largest absolute Gasteiger partial charge is 0.496 e. The number of nitrogens with zero attached hydrogens (tertiary/aromatic N) is 1. The van der Waals surface area contributed by atoms with E-state index in [1.807, 2.05) is 12.1 Å². The highest BCUT2D eigenvalue weighted by Crippen LogP contribution is 2.26. The Bertz CT molecular complexity index is 326. The number of rotatable bonds is 7. The average molecular weight is 236 g/mol. The number of para-hydroxylation sites is 1. The van der Waals surface area contributed by atoms with Crippen LogP contribution in [-0.2, 0) is 0 Å². The van der Waals surface area contributed by atoms with E-state index in [2.05, 4.69) is 43.4 Å². The molecule has 96 valence electrons. The van der Waals surface area contributed by atoms with Crippen LogP contribution in [0.5, 0.6) is 5.75 Å². The second-order valence-corrected chi connectivity index (χ2v) is 4.46. The first kappa shape index (κ1) is 14.0. The Labute approximate surface area is 105 Å². The molecule has 1 rings (SSSR count). The van der Waals surface area contributed by atoms with Crippen molar-refractivity contribution >= 4 is 0 Å². The summed E-state index contributed by atoms with van der Waals surface area (Å²) < 4.78 is 5.41. The molecule has 3 heteroatoms. The molecule has 1 aromatic rings. The lowest BCUT2D eigenvalue weighted by Gasteiger charge is -2.21. The van der Waals surface area contributed by atoms with Gasteiger partial charge in [0.1, 0.15) is 5.75 Å². The van der Waals surface area contributed by atoms with E-state index >= 15 is 0 Å². The van der Waals surface area contributed by atoms with Gasteiger partial charge in [-0.15, -0.1) is 0 Å². The van der Waals surface area contributed by atoms with Crippen molar-refractivity contribution in [2.45, 2.75) is 19.4 Å². The van der Waals surface area contributed by atoms with Gasteiger partial charge in [0.2, 0.25) is 0 Å². The molecule has 1 N–H and O–H groups in total. The lowest BCUT2D eigenvalue weighted by atomic mass is 10.0. The Morgan fingerprint density at radius 3 is 2.59 bits per heavy atom. The highest BCUT2D eigenvalue weighted by Gasteiger charge is 2.12. The van der Waals surface area contributed by atoms with Crippen LogP contribution in [0.3, 0.4) is 0 Å². The summed E-state index contributed by atoms with van der Waals surface area (Å²) in [5.41, 5.74) is 1.25. The van der Waals surface area contributed by atoms with Crippen LogP contribution in [0.4, 0.5) is 0 Å². The van der Waals surface area contributed by atoms with Crippen LogP contribution in [0.1, 0.15) is 24.9 Å². The summed E-state index contributed by atoms with van der Waals surface area (Å²) in [6, 6.07) is 8.59. The molecule has 3 nitrogen and oxygen atoms in total.